The minimum Gasteiger partial charge on any atom is -0.468 e. The first-order chi connectivity index (χ1) is 10.5. The molecule has 2 aliphatic carbocycles. The zero-order chi connectivity index (χ0) is 15.9. The average molecular weight is 305 g/mol. The predicted molar refractivity (Wildman–Crippen MR) is 80.1 cm³/mol. The van der Waals surface area contributed by atoms with Crippen molar-refractivity contribution in [1.82, 2.24) is 15.1 Å². The summed E-state index contributed by atoms with van der Waals surface area (Å²) in [6.07, 6.45) is 5.96. The van der Waals surface area contributed by atoms with Crippen molar-refractivity contribution in [3.05, 3.63) is 17.5 Å². The molecule has 1 aromatic rings. The molecule has 1 saturated carbocycles. The number of esters is 1. The van der Waals surface area contributed by atoms with Gasteiger partial charge in [0, 0.05) is 6.04 Å². The molecule has 1 fully saturated rings. The van der Waals surface area contributed by atoms with E-state index in [1.54, 1.807) is 0 Å². The number of aryl methyl sites for hydroxylation is 1. The third kappa shape index (κ3) is 2.30. The van der Waals surface area contributed by atoms with Crippen molar-refractivity contribution >= 4 is 11.9 Å². The summed E-state index contributed by atoms with van der Waals surface area (Å²) in [5.41, 5.74) is 1.35. The Balaban J connectivity index is 1.82. The molecule has 6 nitrogen and oxygen atoms in total. The highest BCUT2D eigenvalue weighted by atomic mass is 16.5. The quantitative estimate of drug-likeness (QED) is 0.681. The summed E-state index contributed by atoms with van der Waals surface area (Å²) >= 11 is 0. The van der Waals surface area contributed by atoms with Gasteiger partial charge in [-0.15, -0.1) is 0 Å². The molecule has 0 saturated heterocycles. The van der Waals surface area contributed by atoms with Crippen LogP contribution in [-0.2, 0) is 20.7 Å². The van der Waals surface area contributed by atoms with E-state index < -0.39 is 11.4 Å². The predicted octanol–water partition coefficient (Wildman–Crippen LogP) is 1.91. The zero-order valence-corrected chi connectivity index (χ0v) is 13.4. The van der Waals surface area contributed by atoms with Crippen LogP contribution in [0.5, 0.6) is 0 Å². The molecule has 1 heterocycles. The molecule has 0 radical (unpaired) electrons. The van der Waals surface area contributed by atoms with Gasteiger partial charge in [-0.3, -0.25) is 14.3 Å². The maximum atomic E-state index is 12.6. The van der Waals surface area contributed by atoms with Crippen molar-refractivity contribution in [3.63, 3.8) is 0 Å². The van der Waals surface area contributed by atoms with Crippen molar-refractivity contribution in [2.75, 3.05) is 7.11 Å². The van der Waals surface area contributed by atoms with Gasteiger partial charge in [-0.1, -0.05) is 0 Å². The van der Waals surface area contributed by atoms with E-state index >= 15 is 0 Å². The van der Waals surface area contributed by atoms with Gasteiger partial charge < -0.3 is 10.1 Å². The number of rotatable bonds is 4. The number of nitrogens with one attached hydrogen (secondary N) is 1. The molecule has 0 aromatic carbocycles. The molecule has 22 heavy (non-hydrogen) atoms. The van der Waals surface area contributed by atoms with Gasteiger partial charge in [0.1, 0.15) is 5.41 Å². The molecule has 0 aliphatic heterocycles. The summed E-state index contributed by atoms with van der Waals surface area (Å²) in [5, 5.41) is 7.53. The topological polar surface area (TPSA) is 73.2 Å². The number of nitrogens with zero attached hydrogens (tertiary/aromatic N) is 2. The van der Waals surface area contributed by atoms with Crippen molar-refractivity contribution < 1.29 is 14.3 Å². The molecule has 0 unspecified atom stereocenters. The van der Waals surface area contributed by atoms with E-state index in [9.17, 15) is 9.59 Å². The standard InChI is InChI=1S/C16H23N3O3/c1-10(2)19-13-11(9-17-19)5-4-6-12(13)18-14(20)16(7-8-16)15(21)22-3/h9-10,12H,4-8H2,1-3H3,(H,18,20)/t12-/m0/s1. The largest absolute Gasteiger partial charge is 0.468 e. The number of hydrogen-bond donors (Lipinski definition) is 1. The summed E-state index contributed by atoms with van der Waals surface area (Å²) in [6, 6.07) is 0.181. The Morgan fingerprint density at radius 1 is 1.45 bits per heavy atom. The first-order valence-electron chi connectivity index (χ1n) is 7.95. The Kier molecular flexibility index (Phi) is 3.70. The normalized spacial score (nSPS) is 22.1. The lowest BCUT2D eigenvalue weighted by Crippen LogP contribution is -2.41. The number of carbonyl (C=O) groups is 2. The molecule has 0 spiro atoms. The van der Waals surface area contributed by atoms with Gasteiger partial charge >= 0.3 is 5.97 Å². The molecule has 1 aromatic heterocycles. The van der Waals surface area contributed by atoms with Gasteiger partial charge in [-0.2, -0.15) is 5.10 Å². The highest BCUT2D eigenvalue weighted by Gasteiger charge is 2.58. The number of ether oxygens (including phenoxy) is 1. The zero-order valence-electron chi connectivity index (χ0n) is 13.4. The van der Waals surface area contributed by atoms with Gasteiger partial charge in [0.2, 0.25) is 5.91 Å². The third-order valence-corrected chi connectivity index (χ3v) is 4.74. The van der Waals surface area contributed by atoms with Gasteiger partial charge in [-0.05, 0) is 51.5 Å². The van der Waals surface area contributed by atoms with Crippen LogP contribution in [0.15, 0.2) is 6.20 Å². The molecule has 1 atom stereocenters. The Hall–Kier alpha value is -1.85. The van der Waals surface area contributed by atoms with E-state index in [1.807, 2.05) is 10.9 Å². The minimum absolute atomic E-state index is 0.0664. The number of carbonyl (C=O) groups excluding carboxylic acids is 2. The highest BCUT2D eigenvalue weighted by molar-refractivity contribution is 6.05. The highest BCUT2D eigenvalue weighted by Crippen LogP contribution is 2.47. The molecule has 2 aliphatic rings. The number of aromatic nitrogens is 2. The van der Waals surface area contributed by atoms with E-state index in [-0.39, 0.29) is 18.0 Å². The van der Waals surface area contributed by atoms with Crippen LogP contribution in [0.3, 0.4) is 0 Å². The molecule has 6 heteroatoms. The molecule has 1 amide bonds. The fourth-order valence-electron chi connectivity index (χ4n) is 3.31. The Morgan fingerprint density at radius 2 is 2.18 bits per heavy atom. The van der Waals surface area contributed by atoms with Gasteiger partial charge in [0.05, 0.1) is 25.0 Å². The van der Waals surface area contributed by atoms with Gasteiger partial charge in [-0.25, -0.2) is 0 Å². The second kappa shape index (κ2) is 5.41. The van der Waals surface area contributed by atoms with Gasteiger partial charge in [0.25, 0.3) is 0 Å². The van der Waals surface area contributed by atoms with Crippen LogP contribution in [-0.4, -0.2) is 28.8 Å². The van der Waals surface area contributed by atoms with E-state index in [1.165, 1.54) is 12.7 Å². The van der Waals surface area contributed by atoms with Crippen molar-refractivity contribution in [2.24, 2.45) is 5.41 Å². The van der Waals surface area contributed by atoms with Crippen LogP contribution in [0.2, 0.25) is 0 Å². The van der Waals surface area contributed by atoms with Crippen molar-refractivity contribution in [3.8, 4) is 0 Å². The number of methoxy groups -OCH3 is 1. The van der Waals surface area contributed by atoms with Crippen LogP contribution in [0, 0.1) is 5.41 Å². The Bertz CT molecular complexity index is 602. The van der Waals surface area contributed by atoms with Crippen LogP contribution < -0.4 is 5.32 Å². The fraction of sp³-hybridized carbons (Fsp3) is 0.688. The summed E-state index contributed by atoms with van der Waals surface area (Å²) in [5.74, 6) is -0.618. The summed E-state index contributed by atoms with van der Waals surface area (Å²) < 4.78 is 6.77. The number of amides is 1. The first-order valence-corrected chi connectivity index (χ1v) is 7.95. The summed E-state index contributed by atoms with van der Waals surface area (Å²) in [6.45, 7) is 4.16. The third-order valence-electron chi connectivity index (χ3n) is 4.74. The number of hydrogen-bond acceptors (Lipinski definition) is 4. The SMILES string of the molecule is COC(=O)C1(C(=O)N[C@H]2CCCc3cnn(C(C)C)c32)CC1. The fourth-order valence-corrected chi connectivity index (χ4v) is 3.31. The second-order valence-electron chi connectivity index (χ2n) is 6.59. The molecule has 120 valence electrons. The lowest BCUT2D eigenvalue weighted by molar-refractivity contribution is -0.152. The van der Waals surface area contributed by atoms with Gasteiger partial charge in [0.15, 0.2) is 0 Å². The van der Waals surface area contributed by atoms with Crippen molar-refractivity contribution in [2.45, 2.75) is 58.0 Å². The van der Waals surface area contributed by atoms with Crippen LogP contribution in [0.25, 0.3) is 0 Å². The maximum absolute atomic E-state index is 12.6. The van der Waals surface area contributed by atoms with E-state index in [2.05, 4.69) is 24.3 Å². The minimum atomic E-state index is -0.949. The van der Waals surface area contributed by atoms with Crippen molar-refractivity contribution in [1.29, 1.82) is 0 Å². The smallest absolute Gasteiger partial charge is 0.321 e. The van der Waals surface area contributed by atoms with E-state index in [0.717, 1.165) is 25.0 Å². The summed E-state index contributed by atoms with van der Waals surface area (Å²) in [4.78, 5) is 24.4. The monoisotopic (exact) mass is 305 g/mol. The number of fused-ring (bicyclic) bond motifs is 1. The Labute approximate surface area is 130 Å². The molecule has 1 N–H and O–H groups in total. The summed E-state index contributed by atoms with van der Waals surface area (Å²) in [7, 11) is 1.34. The van der Waals surface area contributed by atoms with E-state index in [4.69, 9.17) is 4.74 Å². The second-order valence-corrected chi connectivity index (χ2v) is 6.59. The Morgan fingerprint density at radius 3 is 2.77 bits per heavy atom. The lowest BCUT2D eigenvalue weighted by Gasteiger charge is -2.27. The molecule has 3 rings (SSSR count). The lowest BCUT2D eigenvalue weighted by atomic mass is 9.92. The molecule has 0 bridgehead atoms. The average Bonchev–Trinajstić information content (AvgIpc) is 3.19. The molecular weight excluding hydrogens is 282 g/mol. The maximum Gasteiger partial charge on any atom is 0.321 e. The van der Waals surface area contributed by atoms with Crippen LogP contribution >= 0.6 is 0 Å². The molecular formula is C16H23N3O3. The first kappa shape index (κ1) is 15.1. The van der Waals surface area contributed by atoms with Crippen LogP contribution in [0.1, 0.15) is 62.9 Å². The van der Waals surface area contributed by atoms with E-state index in [0.29, 0.717) is 12.8 Å². The van der Waals surface area contributed by atoms with Crippen LogP contribution in [0.4, 0.5) is 0 Å².